The number of nitrogens with two attached hydrogens (primary N) is 1. The number of hydrogen-bond donors (Lipinski definition) is 1. The Morgan fingerprint density at radius 1 is 1.19 bits per heavy atom. The fraction of sp³-hybridized carbons (Fsp3) is 0.235. The number of aryl methyl sites for hydroxylation is 2. The average molecular weight is 281 g/mol. The van der Waals surface area contributed by atoms with Crippen LogP contribution in [0.3, 0.4) is 0 Å². The molecular weight excluding hydrogens is 262 g/mol. The maximum atomic E-state index is 6.32. The summed E-state index contributed by atoms with van der Waals surface area (Å²) in [6, 6.07) is 12.3. The number of pyridine rings is 1. The van der Waals surface area contributed by atoms with Gasteiger partial charge in [-0.15, -0.1) is 0 Å². The van der Waals surface area contributed by atoms with E-state index in [2.05, 4.69) is 19.1 Å². The van der Waals surface area contributed by atoms with Gasteiger partial charge in [-0.05, 0) is 43.2 Å². The van der Waals surface area contributed by atoms with E-state index in [1.807, 2.05) is 35.6 Å². The highest BCUT2D eigenvalue weighted by Crippen LogP contribution is 2.28. The first-order valence-corrected chi connectivity index (χ1v) is 6.93. The van der Waals surface area contributed by atoms with Crippen molar-refractivity contribution in [1.29, 1.82) is 0 Å². The lowest BCUT2D eigenvalue weighted by molar-refractivity contribution is 0.185. The highest BCUT2D eigenvalue weighted by atomic mass is 16.5. The molecule has 4 nitrogen and oxygen atoms in total. The van der Waals surface area contributed by atoms with Gasteiger partial charge in [0.25, 0.3) is 0 Å². The predicted octanol–water partition coefficient (Wildman–Crippen LogP) is 3.35. The molecule has 108 valence electrons. The molecule has 2 heterocycles. The molecule has 0 unspecified atom stereocenters. The molecule has 0 fully saturated rings. The number of imidazole rings is 1. The second-order valence-corrected chi connectivity index (χ2v) is 5.35. The highest BCUT2D eigenvalue weighted by Gasteiger charge is 2.13. The van der Waals surface area contributed by atoms with Crippen LogP contribution >= 0.6 is 0 Å². The quantitative estimate of drug-likeness (QED) is 0.801. The third kappa shape index (κ3) is 2.38. The molecule has 0 saturated carbocycles. The Balaban J connectivity index is 2.19. The van der Waals surface area contributed by atoms with Crippen LogP contribution in [0.15, 0.2) is 36.4 Å². The van der Waals surface area contributed by atoms with Crippen LogP contribution < -0.4 is 5.73 Å². The van der Waals surface area contributed by atoms with Gasteiger partial charge in [0.15, 0.2) is 0 Å². The average Bonchev–Trinajstić information content (AvgIpc) is 2.76. The Kier molecular flexibility index (Phi) is 3.39. The lowest BCUT2D eigenvalue weighted by atomic mass is 10.1. The number of fused-ring (bicyclic) bond motifs is 1. The van der Waals surface area contributed by atoms with Crippen LogP contribution in [-0.4, -0.2) is 16.5 Å². The van der Waals surface area contributed by atoms with E-state index >= 15 is 0 Å². The van der Waals surface area contributed by atoms with Gasteiger partial charge in [0.05, 0.1) is 6.61 Å². The monoisotopic (exact) mass is 281 g/mol. The third-order valence-corrected chi connectivity index (χ3v) is 3.60. The fourth-order valence-electron chi connectivity index (χ4n) is 2.75. The molecule has 21 heavy (non-hydrogen) atoms. The van der Waals surface area contributed by atoms with Crippen molar-refractivity contribution in [2.24, 2.45) is 0 Å². The summed E-state index contributed by atoms with van der Waals surface area (Å²) in [6.07, 6.45) is 0. The minimum absolute atomic E-state index is 0.583. The summed E-state index contributed by atoms with van der Waals surface area (Å²) < 4.78 is 7.18. The van der Waals surface area contributed by atoms with Crippen LogP contribution in [0.1, 0.15) is 16.8 Å². The molecule has 3 aromatic rings. The second-order valence-electron chi connectivity index (χ2n) is 5.35. The molecule has 1 aromatic carbocycles. The number of nitrogens with zero attached hydrogens (tertiary/aromatic N) is 2. The summed E-state index contributed by atoms with van der Waals surface area (Å²) in [5, 5.41) is 0. The Morgan fingerprint density at radius 2 is 2.00 bits per heavy atom. The van der Waals surface area contributed by atoms with Gasteiger partial charge in [-0.1, -0.05) is 18.2 Å². The second kappa shape index (κ2) is 5.22. The van der Waals surface area contributed by atoms with Crippen molar-refractivity contribution >= 4 is 11.5 Å². The molecule has 0 radical (unpaired) electrons. The molecule has 0 amide bonds. The van der Waals surface area contributed by atoms with E-state index in [9.17, 15) is 0 Å². The molecule has 2 N–H and O–H groups in total. The van der Waals surface area contributed by atoms with Crippen molar-refractivity contribution in [3.05, 3.63) is 53.2 Å². The van der Waals surface area contributed by atoms with Crippen LogP contribution in [0.4, 0.5) is 5.82 Å². The largest absolute Gasteiger partial charge is 0.383 e. The number of hydrogen-bond acceptors (Lipinski definition) is 3. The lowest BCUT2D eigenvalue weighted by Crippen LogP contribution is -1.98. The zero-order valence-corrected chi connectivity index (χ0v) is 12.6. The topological polar surface area (TPSA) is 52.5 Å². The van der Waals surface area contributed by atoms with E-state index in [4.69, 9.17) is 15.5 Å². The third-order valence-electron chi connectivity index (χ3n) is 3.60. The van der Waals surface area contributed by atoms with Gasteiger partial charge in [-0.25, -0.2) is 4.98 Å². The molecule has 4 heteroatoms. The summed E-state index contributed by atoms with van der Waals surface area (Å²) >= 11 is 0. The highest BCUT2D eigenvalue weighted by molar-refractivity contribution is 5.75. The number of aromatic nitrogens is 2. The number of rotatable bonds is 3. The van der Waals surface area contributed by atoms with Crippen molar-refractivity contribution in [3.63, 3.8) is 0 Å². The van der Waals surface area contributed by atoms with Crippen LogP contribution in [0.5, 0.6) is 0 Å². The number of methoxy groups -OCH3 is 1. The van der Waals surface area contributed by atoms with E-state index in [-0.39, 0.29) is 0 Å². The van der Waals surface area contributed by atoms with Gasteiger partial charge in [0.1, 0.15) is 17.2 Å². The normalized spacial score (nSPS) is 11.2. The standard InChI is InChI=1S/C17H19N3O/c1-11-7-12(2)20-15(8-11)19-16(17(20)18)14-6-4-5-13(9-14)10-21-3/h4-9H,10,18H2,1-3H3. The van der Waals surface area contributed by atoms with Gasteiger partial charge < -0.3 is 10.5 Å². The van der Waals surface area contributed by atoms with E-state index in [0.717, 1.165) is 28.2 Å². The molecule has 0 saturated heterocycles. The minimum Gasteiger partial charge on any atom is -0.383 e. The minimum atomic E-state index is 0.583. The van der Waals surface area contributed by atoms with Crippen LogP contribution in [0.25, 0.3) is 16.9 Å². The molecule has 0 atom stereocenters. The van der Waals surface area contributed by atoms with Gasteiger partial charge in [-0.2, -0.15) is 0 Å². The summed E-state index contributed by atoms with van der Waals surface area (Å²) in [5.41, 5.74) is 12.4. The number of anilines is 1. The zero-order valence-electron chi connectivity index (χ0n) is 12.6. The van der Waals surface area contributed by atoms with Gasteiger partial charge in [-0.3, -0.25) is 4.40 Å². The molecular formula is C17H19N3O. The van der Waals surface area contributed by atoms with E-state index < -0.39 is 0 Å². The molecule has 0 bridgehead atoms. The maximum absolute atomic E-state index is 6.32. The van der Waals surface area contributed by atoms with Crippen molar-refractivity contribution < 1.29 is 4.74 Å². The van der Waals surface area contributed by atoms with Crippen LogP contribution in [0, 0.1) is 13.8 Å². The number of nitrogen functional groups attached to an aromatic ring is 1. The number of ether oxygens (including phenoxy) is 1. The van der Waals surface area contributed by atoms with Gasteiger partial charge in [0, 0.05) is 18.4 Å². The first kappa shape index (κ1) is 13.6. The SMILES string of the molecule is COCc1cccc(-c2nc3cc(C)cc(C)n3c2N)c1. The molecule has 0 spiro atoms. The summed E-state index contributed by atoms with van der Waals surface area (Å²) in [6.45, 7) is 4.69. The smallest absolute Gasteiger partial charge is 0.139 e. The Labute approximate surface area is 124 Å². The fourth-order valence-corrected chi connectivity index (χ4v) is 2.75. The Bertz CT molecular complexity index is 805. The molecule has 0 aliphatic rings. The molecule has 0 aliphatic carbocycles. The Hall–Kier alpha value is -2.33. The summed E-state index contributed by atoms with van der Waals surface area (Å²) in [7, 11) is 1.69. The first-order valence-electron chi connectivity index (χ1n) is 6.93. The van der Waals surface area contributed by atoms with E-state index in [1.165, 1.54) is 5.56 Å². The maximum Gasteiger partial charge on any atom is 0.139 e. The lowest BCUT2D eigenvalue weighted by Gasteiger charge is -2.05. The summed E-state index contributed by atoms with van der Waals surface area (Å²) in [5.74, 6) is 0.678. The van der Waals surface area contributed by atoms with Crippen molar-refractivity contribution in [2.75, 3.05) is 12.8 Å². The molecule has 3 rings (SSSR count). The van der Waals surface area contributed by atoms with Crippen LogP contribution in [0.2, 0.25) is 0 Å². The summed E-state index contributed by atoms with van der Waals surface area (Å²) in [4.78, 5) is 4.70. The number of benzene rings is 1. The zero-order chi connectivity index (χ0) is 15.0. The van der Waals surface area contributed by atoms with Crippen molar-refractivity contribution in [2.45, 2.75) is 20.5 Å². The predicted molar refractivity (Wildman–Crippen MR) is 85.2 cm³/mol. The van der Waals surface area contributed by atoms with Gasteiger partial charge in [0.2, 0.25) is 0 Å². The molecule has 2 aromatic heterocycles. The van der Waals surface area contributed by atoms with Gasteiger partial charge >= 0.3 is 0 Å². The Morgan fingerprint density at radius 3 is 2.76 bits per heavy atom. The van der Waals surface area contributed by atoms with E-state index in [0.29, 0.717) is 12.4 Å². The first-order chi connectivity index (χ1) is 10.1. The van der Waals surface area contributed by atoms with Crippen molar-refractivity contribution in [1.82, 2.24) is 9.38 Å². The van der Waals surface area contributed by atoms with E-state index in [1.54, 1.807) is 7.11 Å². The van der Waals surface area contributed by atoms with Crippen LogP contribution in [-0.2, 0) is 11.3 Å². The van der Waals surface area contributed by atoms with Crippen molar-refractivity contribution in [3.8, 4) is 11.3 Å². The molecule has 0 aliphatic heterocycles.